The lowest BCUT2D eigenvalue weighted by atomic mass is 10.2. The molecule has 0 fully saturated rings. The van der Waals surface area contributed by atoms with Crippen LogP contribution in [0.1, 0.15) is 9.67 Å². The molecule has 10 heteroatoms. The molecule has 0 atom stereocenters. The van der Waals surface area contributed by atoms with Gasteiger partial charge in [-0.25, -0.2) is 0 Å². The van der Waals surface area contributed by atoms with Crippen molar-refractivity contribution < 1.29 is 9.59 Å². The molecule has 0 bridgehead atoms. The van der Waals surface area contributed by atoms with Gasteiger partial charge < -0.3 is 10.6 Å². The van der Waals surface area contributed by atoms with E-state index in [1.54, 1.807) is 54.6 Å². The SMILES string of the molecule is O=C(Cn1nnc(-c2ccc(Cl)cc2)n1)Nc1cccc(NC(=O)c2cccs2)c1. The zero-order valence-electron chi connectivity index (χ0n) is 15.4. The van der Waals surface area contributed by atoms with Crippen LogP contribution in [0.25, 0.3) is 11.4 Å². The van der Waals surface area contributed by atoms with E-state index in [2.05, 4.69) is 26.0 Å². The summed E-state index contributed by atoms with van der Waals surface area (Å²) in [7, 11) is 0. The van der Waals surface area contributed by atoms with Crippen molar-refractivity contribution in [1.29, 1.82) is 0 Å². The van der Waals surface area contributed by atoms with E-state index in [1.807, 2.05) is 11.4 Å². The van der Waals surface area contributed by atoms with Gasteiger partial charge in [0, 0.05) is 22.0 Å². The second-order valence-corrected chi connectivity index (χ2v) is 7.59. The van der Waals surface area contributed by atoms with E-state index in [4.69, 9.17) is 11.6 Å². The first-order valence-electron chi connectivity index (χ1n) is 8.85. The number of amides is 2. The number of rotatable bonds is 6. The number of carbonyl (C=O) groups excluding carboxylic acids is 2. The number of tetrazole rings is 1. The Balaban J connectivity index is 1.37. The van der Waals surface area contributed by atoms with Crippen LogP contribution in [0.5, 0.6) is 0 Å². The minimum Gasteiger partial charge on any atom is -0.324 e. The van der Waals surface area contributed by atoms with E-state index >= 15 is 0 Å². The first-order valence-corrected chi connectivity index (χ1v) is 10.1. The molecular weight excluding hydrogens is 424 g/mol. The summed E-state index contributed by atoms with van der Waals surface area (Å²) in [6.45, 7) is -0.105. The third-order valence-electron chi connectivity index (χ3n) is 3.99. The normalized spacial score (nSPS) is 10.6. The van der Waals surface area contributed by atoms with E-state index in [1.165, 1.54) is 16.1 Å². The highest BCUT2D eigenvalue weighted by atomic mass is 35.5. The summed E-state index contributed by atoms with van der Waals surface area (Å²) in [6.07, 6.45) is 0. The average molecular weight is 439 g/mol. The molecule has 4 aromatic rings. The fraction of sp³-hybridized carbons (Fsp3) is 0.0500. The summed E-state index contributed by atoms with van der Waals surface area (Å²) >= 11 is 7.23. The third-order valence-corrected chi connectivity index (χ3v) is 5.11. The molecule has 0 aliphatic carbocycles. The summed E-state index contributed by atoms with van der Waals surface area (Å²) in [6, 6.07) is 17.5. The number of benzene rings is 2. The van der Waals surface area contributed by atoms with Crippen LogP contribution >= 0.6 is 22.9 Å². The molecule has 0 aliphatic rings. The van der Waals surface area contributed by atoms with Crippen LogP contribution in [0, 0.1) is 0 Å². The van der Waals surface area contributed by atoms with Crippen LogP contribution in [0.4, 0.5) is 11.4 Å². The van der Waals surface area contributed by atoms with Crippen LogP contribution in [0.3, 0.4) is 0 Å². The maximum Gasteiger partial charge on any atom is 0.265 e. The zero-order valence-corrected chi connectivity index (χ0v) is 17.0. The number of carbonyl (C=O) groups is 2. The maximum atomic E-state index is 12.3. The van der Waals surface area contributed by atoms with Crippen molar-refractivity contribution in [3.8, 4) is 11.4 Å². The highest BCUT2D eigenvalue weighted by Crippen LogP contribution is 2.18. The molecule has 2 N–H and O–H groups in total. The van der Waals surface area contributed by atoms with E-state index in [-0.39, 0.29) is 18.4 Å². The van der Waals surface area contributed by atoms with E-state index < -0.39 is 0 Å². The predicted molar refractivity (Wildman–Crippen MR) is 116 cm³/mol. The highest BCUT2D eigenvalue weighted by Gasteiger charge is 2.11. The van der Waals surface area contributed by atoms with Crippen LogP contribution < -0.4 is 10.6 Å². The Morgan fingerprint density at radius 3 is 2.50 bits per heavy atom. The lowest BCUT2D eigenvalue weighted by Gasteiger charge is -2.08. The van der Waals surface area contributed by atoms with Crippen molar-refractivity contribution >= 4 is 46.1 Å². The molecular formula is C20H15ClN6O2S. The number of anilines is 2. The Hall–Kier alpha value is -3.56. The molecule has 2 amide bonds. The number of nitrogens with one attached hydrogen (secondary N) is 2. The van der Waals surface area contributed by atoms with Crippen molar-refractivity contribution in [1.82, 2.24) is 20.2 Å². The van der Waals surface area contributed by atoms with Crippen LogP contribution in [0.15, 0.2) is 66.0 Å². The first-order chi connectivity index (χ1) is 14.6. The van der Waals surface area contributed by atoms with E-state index in [0.717, 1.165) is 5.56 Å². The van der Waals surface area contributed by atoms with Gasteiger partial charge in [-0.3, -0.25) is 9.59 Å². The molecule has 0 spiro atoms. The minimum atomic E-state index is -0.322. The van der Waals surface area contributed by atoms with Gasteiger partial charge in [0.15, 0.2) is 0 Å². The fourth-order valence-corrected chi connectivity index (χ4v) is 3.37. The molecule has 2 aromatic heterocycles. The van der Waals surface area contributed by atoms with E-state index in [9.17, 15) is 9.59 Å². The van der Waals surface area contributed by atoms with Gasteiger partial charge in [0.1, 0.15) is 6.54 Å². The molecule has 0 unspecified atom stereocenters. The molecule has 0 saturated carbocycles. The average Bonchev–Trinajstić information content (AvgIpc) is 3.41. The summed E-state index contributed by atoms with van der Waals surface area (Å²) in [5.74, 6) is -0.121. The van der Waals surface area contributed by atoms with Crippen molar-refractivity contribution in [3.63, 3.8) is 0 Å². The summed E-state index contributed by atoms with van der Waals surface area (Å²) in [5.41, 5.74) is 1.87. The summed E-state index contributed by atoms with van der Waals surface area (Å²) in [4.78, 5) is 26.3. The van der Waals surface area contributed by atoms with Gasteiger partial charge >= 0.3 is 0 Å². The Morgan fingerprint density at radius 2 is 1.77 bits per heavy atom. The summed E-state index contributed by atoms with van der Waals surface area (Å²) in [5, 5.41) is 20.1. The number of nitrogens with zero attached hydrogens (tertiary/aromatic N) is 4. The Bertz CT molecular complexity index is 1170. The Morgan fingerprint density at radius 1 is 1.00 bits per heavy atom. The first kappa shape index (κ1) is 19.7. The lowest BCUT2D eigenvalue weighted by Crippen LogP contribution is -2.20. The van der Waals surface area contributed by atoms with Gasteiger partial charge in [-0.1, -0.05) is 23.7 Å². The van der Waals surface area contributed by atoms with Crippen LogP contribution in [-0.2, 0) is 11.3 Å². The van der Waals surface area contributed by atoms with Gasteiger partial charge in [-0.15, -0.1) is 21.5 Å². The molecule has 8 nitrogen and oxygen atoms in total. The largest absolute Gasteiger partial charge is 0.324 e. The smallest absolute Gasteiger partial charge is 0.265 e. The molecule has 2 aromatic carbocycles. The van der Waals surface area contributed by atoms with Crippen molar-refractivity contribution in [2.75, 3.05) is 10.6 Å². The van der Waals surface area contributed by atoms with Gasteiger partial charge in [0.2, 0.25) is 11.7 Å². The number of thiophene rings is 1. The van der Waals surface area contributed by atoms with Gasteiger partial charge in [-0.05, 0) is 59.1 Å². The molecule has 4 rings (SSSR count). The van der Waals surface area contributed by atoms with E-state index in [0.29, 0.717) is 27.1 Å². The molecule has 0 aliphatic heterocycles. The second kappa shape index (κ2) is 8.85. The molecule has 0 radical (unpaired) electrons. The quantitative estimate of drug-likeness (QED) is 0.474. The Kier molecular flexibility index (Phi) is 5.82. The van der Waals surface area contributed by atoms with Crippen molar-refractivity contribution in [3.05, 3.63) is 75.9 Å². The van der Waals surface area contributed by atoms with Gasteiger partial charge in [0.25, 0.3) is 5.91 Å². The predicted octanol–water partition coefficient (Wildman–Crippen LogP) is 3.95. The number of hydrogen-bond donors (Lipinski definition) is 2. The maximum absolute atomic E-state index is 12.3. The molecule has 2 heterocycles. The number of hydrogen-bond acceptors (Lipinski definition) is 6. The van der Waals surface area contributed by atoms with Crippen LogP contribution in [-0.4, -0.2) is 32.0 Å². The van der Waals surface area contributed by atoms with Crippen molar-refractivity contribution in [2.24, 2.45) is 0 Å². The van der Waals surface area contributed by atoms with Gasteiger partial charge in [-0.2, -0.15) is 4.80 Å². The number of halogens is 1. The Labute approximate surface area is 180 Å². The standard InChI is InChI=1S/C20H15ClN6O2S/c21-14-8-6-13(7-9-14)19-24-26-27(25-19)12-18(28)22-15-3-1-4-16(11-15)23-20(29)17-5-2-10-30-17/h1-11H,12H2,(H,22,28)(H,23,29). The monoisotopic (exact) mass is 438 g/mol. The molecule has 30 heavy (non-hydrogen) atoms. The lowest BCUT2D eigenvalue weighted by molar-refractivity contribution is -0.117. The van der Waals surface area contributed by atoms with Crippen LogP contribution in [0.2, 0.25) is 5.02 Å². The topological polar surface area (TPSA) is 102 Å². The fourth-order valence-electron chi connectivity index (χ4n) is 2.63. The number of aromatic nitrogens is 4. The minimum absolute atomic E-state index is 0.105. The highest BCUT2D eigenvalue weighted by molar-refractivity contribution is 7.12. The zero-order chi connectivity index (χ0) is 20.9. The molecule has 0 saturated heterocycles. The second-order valence-electron chi connectivity index (χ2n) is 6.21. The van der Waals surface area contributed by atoms with Crippen molar-refractivity contribution in [2.45, 2.75) is 6.54 Å². The molecule has 150 valence electrons. The third kappa shape index (κ3) is 4.88. The van der Waals surface area contributed by atoms with Gasteiger partial charge in [0.05, 0.1) is 4.88 Å². The summed E-state index contributed by atoms with van der Waals surface area (Å²) < 4.78 is 0.